The number of carbonyl (C=O) groups is 1. The molecular weight excluding hydrogens is 440 g/mol. The molecule has 6 heteroatoms. The van der Waals surface area contributed by atoms with E-state index in [0.717, 1.165) is 52.3 Å². The van der Waals surface area contributed by atoms with E-state index in [9.17, 15) is 4.79 Å². The lowest BCUT2D eigenvalue weighted by Gasteiger charge is -2.16. The van der Waals surface area contributed by atoms with Gasteiger partial charge in [0.25, 0.3) is 0 Å². The first-order chi connectivity index (χ1) is 16.9. The van der Waals surface area contributed by atoms with Crippen LogP contribution in [0.3, 0.4) is 0 Å². The molecule has 0 atom stereocenters. The van der Waals surface area contributed by atoms with Crippen LogP contribution in [-0.2, 0) is 24.4 Å². The fourth-order valence-electron chi connectivity index (χ4n) is 3.96. The smallest absolute Gasteiger partial charge is 0.303 e. The molecule has 0 spiro atoms. The van der Waals surface area contributed by atoms with Gasteiger partial charge in [0, 0.05) is 37.0 Å². The molecule has 0 bridgehead atoms. The van der Waals surface area contributed by atoms with E-state index in [4.69, 9.17) is 14.6 Å². The van der Waals surface area contributed by atoms with Crippen LogP contribution in [0.1, 0.15) is 48.1 Å². The van der Waals surface area contributed by atoms with Crippen LogP contribution < -0.4 is 20.1 Å². The van der Waals surface area contributed by atoms with Crippen molar-refractivity contribution >= 4 is 17.3 Å². The Morgan fingerprint density at radius 3 is 1.71 bits per heavy atom. The number of rotatable bonds is 13. The number of hydrogen-bond donors (Lipinski definition) is 3. The molecule has 0 unspecified atom stereocenters. The van der Waals surface area contributed by atoms with Crippen LogP contribution in [-0.4, -0.2) is 24.2 Å². The zero-order chi connectivity index (χ0) is 25.2. The van der Waals surface area contributed by atoms with Crippen LogP contribution in [0.4, 0.5) is 11.4 Å². The van der Waals surface area contributed by atoms with Gasteiger partial charge < -0.3 is 25.2 Å². The van der Waals surface area contributed by atoms with Gasteiger partial charge in [-0.25, -0.2) is 0 Å². The molecule has 0 aromatic heterocycles. The minimum Gasteiger partial charge on any atom is -0.489 e. The van der Waals surface area contributed by atoms with E-state index in [1.165, 1.54) is 0 Å². The Morgan fingerprint density at radius 2 is 1.29 bits per heavy atom. The number of carboxylic acid groups (broad SMARTS) is 1. The summed E-state index contributed by atoms with van der Waals surface area (Å²) in [5, 5.41) is 15.9. The molecule has 3 N–H and O–H groups in total. The van der Waals surface area contributed by atoms with Gasteiger partial charge in [0.15, 0.2) is 0 Å². The number of benzene rings is 3. The lowest BCUT2D eigenvalue weighted by Crippen LogP contribution is -2.05. The Hall–Kier alpha value is -3.67. The van der Waals surface area contributed by atoms with Crippen LogP contribution in [0.15, 0.2) is 54.6 Å². The number of aliphatic carboxylic acids is 1. The Labute approximate surface area is 208 Å². The Balaban J connectivity index is 1.78. The molecule has 0 aliphatic heterocycles. The first-order valence-corrected chi connectivity index (χ1v) is 12.2. The molecule has 0 fully saturated rings. The summed E-state index contributed by atoms with van der Waals surface area (Å²) < 4.78 is 12.3. The highest BCUT2D eigenvalue weighted by Gasteiger charge is 2.10. The molecular formula is C29H36N2O4. The third-order valence-electron chi connectivity index (χ3n) is 5.98. The highest BCUT2D eigenvalue weighted by Crippen LogP contribution is 2.28. The second-order valence-corrected chi connectivity index (χ2v) is 8.52. The maximum absolute atomic E-state index is 11.1. The molecule has 3 aromatic carbocycles. The average Bonchev–Trinajstić information content (AvgIpc) is 2.84. The zero-order valence-electron chi connectivity index (χ0n) is 21.1. The van der Waals surface area contributed by atoms with E-state index in [1.54, 1.807) is 0 Å². The summed E-state index contributed by atoms with van der Waals surface area (Å²) in [6, 6.07) is 18.0. The van der Waals surface area contributed by atoms with Crippen molar-refractivity contribution in [3.05, 3.63) is 82.4 Å². The third-order valence-corrected chi connectivity index (χ3v) is 5.98. The topological polar surface area (TPSA) is 79.8 Å². The van der Waals surface area contributed by atoms with E-state index >= 15 is 0 Å². The fourth-order valence-corrected chi connectivity index (χ4v) is 3.96. The first-order valence-electron chi connectivity index (χ1n) is 12.2. The number of nitrogens with one attached hydrogen (secondary N) is 2. The molecule has 0 saturated carbocycles. The van der Waals surface area contributed by atoms with Crippen molar-refractivity contribution in [1.82, 2.24) is 0 Å². The van der Waals surface area contributed by atoms with Crippen molar-refractivity contribution in [2.24, 2.45) is 0 Å². The highest BCUT2D eigenvalue weighted by atomic mass is 16.5. The molecule has 186 valence electrons. The number of aryl methyl sites for hydroxylation is 1. The van der Waals surface area contributed by atoms with Crippen LogP contribution in [0.25, 0.3) is 0 Å². The summed E-state index contributed by atoms with van der Waals surface area (Å²) in [5.74, 6) is 0.494. The molecule has 0 aliphatic carbocycles. The molecule has 6 nitrogen and oxygen atoms in total. The predicted octanol–water partition coefficient (Wildman–Crippen LogP) is 6.34. The van der Waals surface area contributed by atoms with E-state index in [2.05, 4.69) is 62.6 Å². The zero-order valence-corrected chi connectivity index (χ0v) is 21.1. The monoisotopic (exact) mass is 476 g/mol. The van der Waals surface area contributed by atoms with Gasteiger partial charge in [-0.3, -0.25) is 4.79 Å². The highest BCUT2D eigenvalue weighted by molar-refractivity contribution is 5.67. The molecule has 0 radical (unpaired) electrons. The van der Waals surface area contributed by atoms with E-state index in [-0.39, 0.29) is 6.42 Å². The lowest BCUT2D eigenvalue weighted by atomic mass is 10.1. The maximum Gasteiger partial charge on any atom is 0.303 e. The largest absolute Gasteiger partial charge is 0.489 e. The van der Waals surface area contributed by atoms with Crippen molar-refractivity contribution < 1.29 is 19.4 Å². The van der Waals surface area contributed by atoms with E-state index in [1.807, 2.05) is 30.3 Å². The first kappa shape index (κ1) is 25.9. The third kappa shape index (κ3) is 7.41. The van der Waals surface area contributed by atoms with Gasteiger partial charge >= 0.3 is 5.97 Å². The van der Waals surface area contributed by atoms with Gasteiger partial charge in [-0.1, -0.05) is 24.3 Å². The van der Waals surface area contributed by atoms with Crippen LogP contribution in [0.5, 0.6) is 11.5 Å². The number of anilines is 2. The Morgan fingerprint density at radius 1 is 0.800 bits per heavy atom. The van der Waals surface area contributed by atoms with Crippen molar-refractivity contribution in [3.8, 4) is 11.5 Å². The second kappa shape index (κ2) is 12.7. The summed E-state index contributed by atoms with van der Waals surface area (Å²) in [7, 11) is 0. The normalized spacial score (nSPS) is 10.6. The van der Waals surface area contributed by atoms with Crippen molar-refractivity contribution in [3.63, 3.8) is 0 Å². The number of hydrogen-bond acceptors (Lipinski definition) is 5. The quantitative estimate of drug-likeness (QED) is 0.267. The van der Waals surface area contributed by atoms with Crippen molar-refractivity contribution in [2.75, 3.05) is 23.7 Å². The molecule has 35 heavy (non-hydrogen) atoms. The van der Waals surface area contributed by atoms with Crippen LogP contribution in [0, 0.1) is 13.8 Å². The SMILES string of the molecule is CCNc1cccc(COc2cc(CCC(=O)O)cc(OCc3cccc(NCC)c3C)c2)c1C. The van der Waals surface area contributed by atoms with E-state index < -0.39 is 5.97 Å². The maximum atomic E-state index is 11.1. The average molecular weight is 477 g/mol. The van der Waals surface area contributed by atoms with Crippen LogP contribution in [0.2, 0.25) is 0 Å². The van der Waals surface area contributed by atoms with Gasteiger partial charge in [-0.15, -0.1) is 0 Å². The minimum absolute atomic E-state index is 0.0522. The molecule has 0 aliphatic rings. The Kier molecular flexibility index (Phi) is 9.41. The molecule has 0 heterocycles. The van der Waals surface area contributed by atoms with Crippen molar-refractivity contribution in [2.45, 2.75) is 53.8 Å². The number of ether oxygens (including phenoxy) is 2. The summed E-state index contributed by atoms with van der Waals surface area (Å²) >= 11 is 0. The summed E-state index contributed by atoms with van der Waals surface area (Å²) in [6.45, 7) is 10.8. The fraction of sp³-hybridized carbons (Fsp3) is 0.345. The minimum atomic E-state index is -0.828. The summed E-state index contributed by atoms with van der Waals surface area (Å²) in [4.78, 5) is 11.1. The summed E-state index contributed by atoms with van der Waals surface area (Å²) in [5.41, 5.74) is 7.57. The molecule has 3 rings (SSSR count). The van der Waals surface area contributed by atoms with Crippen molar-refractivity contribution in [1.29, 1.82) is 0 Å². The second-order valence-electron chi connectivity index (χ2n) is 8.52. The van der Waals surface area contributed by atoms with Crippen LogP contribution >= 0.6 is 0 Å². The molecule has 0 saturated heterocycles. The standard InChI is InChI=1S/C29H36N2O4/c1-5-30-27-11-7-9-23(20(27)3)18-34-25-15-22(13-14-29(32)33)16-26(17-25)35-19-24-10-8-12-28(21(24)4)31-6-2/h7-12,15-17,30-31H,5-6,13-14,18-19H2,1-4H3,(H,32,33). The van der Waals surface area contributed by atoms with Gasteiger partial charge in [0.2, 0.25) is 0 Å². The van der Waals surface area contributed by atoms with Gasteiger partial charge in [0.1, 0.15) is 24.7 Å². The Bertz CT molecular complexity index is 1070. The van der Waals surface area contributed by atoms with Gasteiger partial charge in [0.05, 0.1) is 0 Å². The number of carboxylic acids is 1. The van der Waals surface area contributed by atoms with Gasteiger partial charge in [-0.05, 0) is 86.2 Å². The predicted molar refractivity (Wildman–Crippen MR) is 142 cm³/mol. The van der Waals surface area contributed by atoms with Gasteiger partial charge in [-0.2, -0.15) is 0 Å². The lowest BCUT2D eigenvalue weighted by molar-refractivity contribution is -0.136. The summed E-state index contributed by atoms with van der Waals surface area (Å²) in [6.07, 6.45) is 0.462. The molecule has 3 aromatic rings. The molecule has 0 amide bonds. The van der Waals surface area contributed by atoms with E-state index in [0.29, 0.717) is 31.1 Å².